The predicted octanol–water partition coefficient (Wildman–Crippen LogP) is 8.23. The third kappa shape index (κ3) is 4.82. The summed E-state index contributed by atoms with van der Waals surface area (Å²) in [5.74, 6) is 0. The third-order valence-corrected chi connectivity index (χ3v) is 15.6. The quantitative estimate of drug-likeness (QED) is 0.187. The van der Waals surface area contributed by atoms with Gasteiger partial charge in [0.15, 0.2) is 0 Å². The molecule has 0 fully saturated rings. The van der Waals surface area contributed by atoms with Crippen LogP contribution in [0.4, 0.5) is 0 Å². The normalized spacial score (nSPS) is 13.3. The van der Waals surface area contributed by atoms with Gasteiger partial charge >= 0.3 is 240 Å². The van der Waals surface area contributed by atoms with Crippen LogP contribution in [0.25, 0.3) is 11.1 Å². The van der Waals surface area contributed by atoms with E-state index in [1.807, 2.05) is 0 Å². The third-order valence-electron chi connectivity index (χ3n) is 8.01. The van der Waals surface area contributed by atoms with Crippen molar-refractivity contribution in [2.24, 2.45) is 0 Å². The number of allylic oxidation sites excluding steroid dienone is 4. The fraction of sp³-hybridized carbons (Fsp3) is 0.0789. The standard InChI is InChI=1S/C13H9.C13H10.C12H11.Zr/c1-3-7-12-10(5-1)9-11-6-2-4-8-13(11)12;1-3-7-12(8-4-1)11-13-9-5-2-6-10-13;1-2-6-11(7-3-1)10-12-8-4-5-9-12;/h1-5,7-8H,9H2;1-10H;1-3,6-9H,4,10H2;. The van der Waals surface area contributed by atoms with Crippen molar-refractivity contribution in [2.75, 3.05) is 0 Å². The van der Waals surface area contributed by atoms with Crippen LogP contribution in [0.2, 0.25) is 0 Å². The van der Waals surface area contributed by atoms with E-state index in [1.54, 1.807) is 15.3 Å². The van der Waals surface area contributed by atoms with Crippen LogP contribution in [-0.4, -0.2) is 3.21 Å². The Labute approximate surface area is 239 Å². The van der Waals surface area contributed by atoms with Gasteiger partial charge in [0.25, 0.3) is 0 Å². The van der Waals surface area contributed by atoms with Crippen molar-refractivity contribution in [1.29, 1.82) is 0 Å². The zero-order chi connectivity index (χ0) is 26.0. The molecule has 0 heterocycles. The van der Waals surface area contributed by atoms with Crippen molar-refractivity contribution in [1.82, 2.24) is 0 Å². The number of benzene rings is 5. The van der Waals surface area contributed by atoms with Gasteiger partial charge in [-0.2, -0.15) is 0 Å². The summed E-state index contributed by atoms with van der Waals surface area (Å²) in [5, 5.41) is 0. The molecular formula is C38H30Zr. The van der Waals surface area contributed by atoms with Crippen molar-refractivity contribution in [3.63, 3.8) is 0 Å². The SMILES string of the molecule is C1=C(Cc2ccccc2)C=[C]([Zr](=[C](c2ccccc2)c2ccccc2)[c]2cccc3c2Cc2ccccc2-3)C1. The molecule has 5 aromatic carbocycles. The average Bonchev–Trinajstić information content (AvgIpc) is 3.62. The van der Waals surface area contributed by atoms with Gasteiger partial charge in [0.1, 0.15) is 0 Å². The Bertz CT molecular complexity index is 1700. The molecular weight excluding hydrogens is 548 g/mol. The molecule has 0 radical (unpaired) electrons. The van der Waals surface area contributed by atoms with Crippen LogP contribution in [0, 0.1) is 0 Å². The first-order chi connectivity index (χ1) is 19.3. The molecule has 0 atom stereocenters. The van der Waals surface area contributed by atoms with Gasteiger partial charge < -0.3 is 0 Å². The van der Waals surface area contributed by atoms with E-state index in [2.05, 4.69) is 146 Å². The summed E-state index contributed by atoms with van der Waals surface area (Å²) in [6.45, 7) is 0. The van der Waals surface area contributed by atoms with Crippen molar-refractivity contribution in [2.45, 2.75) is 19.3 Å². The van der Waals surface area contributed by atoms with Crippen molar-refractivity contribution < 1.29 is 21.3 Å². The summed E-state index contributed by atoms with van der Waals surface area (Å²) < 4.78 is 4.90. The van der Waals surface area contributed by atoms with Crippen LogP contribution in [0.15, 0.2) is 154 Å². The zero-order valence-electron chi connectivity index (χ0n) is 22.0. The first-order valence-electron chi connectivity index (χ1n) is 13.8. The molecule has 0 saturated carbocycles. The van der Waals surface area contributed by atoms with Crippen LogP contribution in [0.5, 0.6) is 0 Å². The predicted molar refractivity (Wildman–Crippen MR) is 161 cm³/mol. The van der Waals surface area contributed by atoms with E-state index in [0.717, 1.165) is 19.3 Å². The molecule has 0 nitrogen and oxygen atoms in total. The average molecular weight is 578 g/mol. The molecule has 186 valence electrons. The first kappa shape index (κ1) is 24.4. The molecule has 2 aliphatic rings. The van der Waals surface area contributed by atoms with Gasteiger partial charge in [0.2, 0.25) is 0 Å². The molecule has 5 aromatic rings. The molecule has 0 aromatic heterocycles. The summed E-state index contributed by atoms with van der Waals surface area (Å²) in [7, 11) is 0. The molecule has 0 N–H and O–H groups in total. The first-order valence-corrected chi connectivity index (χ1v) is 17.5. The van der Waals surface area contributed by atoms with Crippen LogP contribution in [-0.2, 0) is 34.1 Å². The Morgan fingerprint density at radius 3 is 1.92 bits per heavy atom. The van der Waals surface area contributed by atoms with E-state index < -0.39 is 21.3 Å². The maximum atomic E-state index is 2.58. The van der Waals surface area contributed by atoms with Gasteiger partial charge in [-0.3, -0.25) is 0 Å². The van der Waals surface area contributed by atoms with Crippen LogP contribution in [0.3, 0.4) is 0 Å². The zero-order valence-corrected chi connectivity index (χ0v) is 24.4. The topological polar surface area (TPSA) is 0 Å². The fourth-order valence-corrected chi connectivity index (χ4v) is 14.3. The monoisotopic (exact) mass is 576 g/mol. The van der Waals surface area contributed by atoms with Crippen LogP contribution in [0.1, 0.15) is 34.2 Å². The number of fused-ring (bicyclic) bond motifs is 3. The Hall–Kier alpha value is -3.67. The van der Waals surface area contributed by atoms with E-state index in [0.29, 0.717) is 0 Å². The summed E-state index contributed by atoms with van der Waals surface area (Å²) in [6, 6.07) is 49.4. The fourth-order valence-electron chi connectivity index (χ4n) is 6.24. The van der Waals surface area contributed by atoms with E-state index in [9.17, 15) is 0 Å². The van der Waals surface area contributed by atoms with Gasteiger partial charge in [-0.05, 0) is 0 Å². The van der Waals surface area contributed by atoms with Crippen LogP contribution < -0.4 is 3.27 Å². The van der Waals surface area contributed by atoms with Gasteiger partial charge in [-0.1, -0.05) is 0 Å². The Morgan fingerprint density at radius 1 is 0.590 bits per heavy atom. The number of rotatable bonds is 6. The second kappa shape index (κ2) is 10.8. The van der Waals surface area contributed by atoms with E-state index >= 15 is 0 Å². The van der Waals surface area contributed by atoms with Crippen molar-refractivity contribution in [3.8, 4) is 11.1 Å². The minimum absolute atomic E-state index is 1.01. The van der Waals surface area contributed by atoms with Crippen molar-refractivity contribution >= 4 is 6.48 Å². The number of hydrogen-bond donors (Lipinski definition) is 0. The Kier molecular flexibility index (Phi) is 6.77. The molecule has 0 spiro atoms. The second-order valence-electron chi connectivity index (χ2n) is 10.5. The minimum atomic E-state index is -2.63. The van der Waals surface area contributed by atoms with Gasteiger partial charge in [0.05, 0.1) is 0 Å². The molecule has 0 aliphatic heterocycles. The molecule has 0 bridgehead atoms. The summed E-state index contributed by atoms with van der Waals surface area (Å²) in [6.07, 6.45) is 8.19. The van der Waals surface area contributed by atoms with E-state index in [1.165, 1.54) is 39.0 Å². The molecule has 0 unspecified atom stereocenters. The Morgan fingerprint density at radius 2 is 1.21 bits per heavy atom. The molecule has 0 saturated heterocycles. The maximum absolute atomic E-state index is 2.63. The molecule has 1 heteroatoms. The van der Waals surface area contributed by atoms with Crippen molar-refractivity contribution in [3.05, 3.63) is 182 Å². The van der Waals surface area contributed by atoms with E-state index in [-0.39, 0.29) is 0 Å². The molecule has 39 heavy (non-hydrogen) atoms. The van der Waals surface area contributed by atoms with Gasteiger partial charge in [-0.25, -0.2) is 0 Å². The van der Waals surface area contributed by atoms with Gasteiger partial charge in [-0.15, -0.1) is 0 Å². The molecule has 7 rings (SSSR count). The Balaban J connectivity index is 1.46. The summed E-state index contributed by atoms with van der Waals surface area (Å²) in [4.78, 5) is 0. The number of hydrogen-bond acceptors (Lipinski definition) is 0. The molecule has 0 amide bonds. The molecule has 2 aliphatic carbocycles. The van der Waals surface area contributed by atoms with E-state index in [4.69, 9.17) is 0 Å². The second-order valence-corrected chi connectivity index (χ2v) is 16.4. The van der Waals surface area contributed by atoms with Gasteiger partial charge in [0, 0.05) is 0 Å². The summed E-state index contributed by atoms with van der Waals surface area (Å²) >= 11 is -2.63. The summed E-state index contributed by atoms with van der Waals surface area (Å²) in [5.41, 5.74) is 11.5. The van der Waals surface area contributed by atoms with Crippen LogP contribution >= 0.6 is 0 Å².